The maximum Gasteiger partial charge on any atom is 0.469 e. The molecule has 314 valence electrons. The normalized spacial score (nSPS) is 12.9. The van der Waals surface area contributed by atoms with Gasteiger partial charge in [-0.15, -0.1) is 0 Å². The van der Waals surface area contributed by atoms with Gasteiger partial charge in [-0.25, -0.2) is 4.57 Å². The standard InChI is InChI=1S/C45H81O8P/c1-3-5-7-9-11-13-15-17-19-21-22-24-25-27-29-31-33-35-37-39-44(46)51-41-43(42-52-54(48,49)50)53-45(47)40-38-36-34-32-30-28-26-23-20-18-16-14-12-10-8-6-4-2/h6,8,12,14,18,20,26,28,43H,3-5,7,9-11,13,15-17,19,21-25,27,29-42H2,1-2H3,(H2,48,49,50)/b8-6-,14-12-,20-18-,28-26-. The third-order valence-corrected chi connectivity index (χ3v) is 9.85. The molecule has 0 rings (SSSR count). The highest BCUT2D eigenvalue weighted by Gasteiger charge is 2.22. The summed E-state index contributed by atoms with van der Waals surface area (Å²) in [6, 6.07) is 0. The minimum Gasteiger partial charge on any atom is -0.462 e. The summed E-state index contributed by atoms with van der Waals surface area (Å²) in [5.41, 5.74) is 0. The van der Waals surface area contributed by atoms with Crippen LogP contribution in [0.2, 0.25) is 0 Å². The first-order chi connectivity index (χ1) is 26.3. The van der Waals surface area contributed by atoms with E-state index in [0.717, 1.165) is 70.6 Å². The smallest absolute Gasteiger partial charge is 0.462 e. The molecular formula is C45H81O8P. The van der Waals surface area contributed by atoms with Crippen LogP contribution in [0.25, 0.3) is 0 Å². The van der Waals surface area contributed by atoms with E-state index in [4.69, 9.17) is 19.3 Å². The van der Waals surface area contributed by atoms with Gasteiger partial charge in [0.25, 0.3) is 0 Å². The van der Waals surface area contributed by atoms with Crippen LogP contribution in [0.1, 0.15) is 206 Å². The molecule has 0 aliphatic rings. The van der Waals surface area contributed by atoms with Crippen molar-refractivity contribution in [3.63, 3.8) is 0 Å². The zero-order valence-electron chi connectivity index (χ0n) is 34.6. The van der Waals surface area contributed by atoms with Gasteiger partial charge in [0.05, 0.1) is 6.61 Å². The summed E-state index contributed by atoms with van der Waals surface area (Å²) in [5.74, 6) is -0.907. The molecule has 0 saturated heterocycles. The second-order valence-electron chi connectivity index (χ2n) is 14.6. The molecule has 1 unspecified atom stereocenters. The Bertz CT molecular complexity index is 1020. The van der Waals surface area contributed by atoms with Crippen LogP contribution < -0.4 is 0 Å². The second kappa shape index (κ2) is 40.7. The van der Waals surface area contributed by atoms with Crippen LogP contribution in [-0.2, 0) is 28.2 Å². The third kappa shape index (κ3) is 42.7. The van der Waals surface area contributed by atoms with Gasteiger partial charge in [-0.1, -0.05) is 191 Å². The number of esters is 2. The first kappa shape index (κ1) is 52.0. The summed E-state index contributed by atoms with van der Waals surface area (Å²) in [4.78, 5) is 42.9. The van der Waals surface area contributed by atoms with Crippen molar-refractivity contribution in [1.82, 2.24) is 0 Å². The van der Waals surface area contributed by atoms with Gasteiger partial charge in [-0.2, -0.15) is 0 Å². The van der Waals surface area contributed by atoms with Crippen molar-refractivity contribution in [2.24, 2.45) is 0 Å². The monoisotopic (exact) mass is 781 g/mol. The Morgan fingerprint density at radius 1 is 0.500 bits per heavy atom. The molecule has 0 aliphatic heterocycles. The van der Waals surface area contributed by atoms with Crippen LogP contribution in [0.3, 0.4) is 0 Å². The molecule has 0 aromatic heterocycles. The largest absolute Gasteiger partial charge is 0.469 e. The van der Waals surface area contributed by atoms with Crippen molar-refractivity contribution in [1.29, 1.82) is 0 Å². The van der Waals surface area contributed by atoms with E-state index in [2.05, 4.69) is 67.0 Å². The quantitative estimate of drug-likeness (QED) is 0.0273. The number of allylic oxidation sites excluding steroid dienone is 8. The van der Waals surface area contributed by atoms with Crippen molar-refractivity contribution in [2.75, 3.05) is 13.2 Å². The fraction of sp³-hybridized carbons (Fsp3) is 0.778. The van der Waals surface area contributed by atoms with Crippen LogP contribution in [0.4, 0.5) is 0 Å². The van der Waals surface area contributed by atoms with E-state index >= 15 is 0 Å². The van der Waals surface area contributed by atoms with Gasteiger partial charge in [0.1, 0.15) is 6.61 Å². The number of unbranched alkanes of at least 4 members (excludes halogenated alkanes) is 22. The summed E-state index contributed by atoms with van der Waals surface area (Å²) < 4.78 is 26.4. The first-order valence-electron chi connectivity index (χ1n) is 21.9. The highest BCUT2D eigenvalue weighted by atomic mass is 31.2. The Balaban J connectivity index is 3.91. The fourth-order valence-electron chi connectivity index (χ4n) is 6.13. The van der Waals surface area contributed by atoms with Gasteiger partial charge >= 0.3 is 19.8 Å². The molecule has 8 nitrogen and oxygen atoms in total. The van der Waals surface area contributed by atoms with Crippen LogP contribution in [-0.4, -0.2) is 41.0 Å². The molecule has 2 N–H and O–H groups in total. The van der Waals surface area contributed by atoms with Crippen LogP contribution in [0.5, 0.6) is 0 Å². The summed E-state index contributed by atoms with van der Waals surface area (Å²) in [7, 11) is -4.76. The Labute approximate surface area is 331 Å². The summed E-state index contributed by atoms with van der Waals surface area (Å²) in [6.07, 6.45) is 49.8. The lowest BCUT2D eigenvalue weighted by Crippen LogP contribution is -2.29. The topological polar surface area (TPSA) is 119 Å². The van der Waals surface area contributed by atoms with Gasteiger partial charge in [0.2, 0.25) is 0 Å². The van der Waals surface area contributed by atoms with E-state index in [1.54, 1.807) is 0 Å². The zero-order valence-corrected chi connectivity index (χ0v) is 35.5. The molecule has 54 heavy (non-hydrogen) atoms. The first-order valence-corrected chi connectivity index (χ1v) is 23.5. The maximum absolute atomic E-state index is 12.4. The van der Waals surface area contributed by atoms with Crippen molar-refractivity contribution in [2.45, 2.75) is 213 Å². The van der Waals surface area contributed by atoms with E-state index in [0.29, 0.717) is 6.42 Å². The molecule has 0 amide bonds. The molecule has 0 aromatic rings. The summed E-state index contributed by atoms with van der Waals surface area (Å²) in [6.45, 7) is 3.57. The molecule has 0 aromatic carbocycles. The lowest BCUT2D eigenvalue weighted by atomic mass is 10.0. The second-order valence-corrected chi connectivity index (χ2v) is 15.9. The predicted molar refractivity (Wildman–Crippen MR) is 225 cm³/mol. The minimum atomic E-state index is -4.76. The highest BCUT2D eigenvalue weighted by molar-refractivity contribution is 7.46. The molecule has 0 radical (unpaired) electrons. The lowest BCUT2D eigenvalue weighted by molar-refractivity contribution is -0.161. The predicted octanol–water partition coefficient (Wildman–Crippen LogP) is 13.5. The van der Waals surface area contributed by atoms with Gasteiger partial charge in [0.15, 0.2) is 6.10 Å². The molecular weight excluding hydrogens is 699 g/mol. The fourth-order valence-corrected chi connectivity index (χ4v) is 6.49. The SMILES string of the molecule is CC/C=C\C/C=C\C/C=C\C/C=C\CCCCCCC(=O)OC(COC(=O)CCCCCCCCCCCCCCCCCCCCC)COP(=O)(O)O. The molecule has 0 bridgehead atoms. The Morgan fingerprint density at radius 3 is 1.33 bits per heavy atom. The molecule has 0 saturated carbocycles. The molecule has 0 aliphatic carbocycles. The molecule has 0 spiro atoms. The number of hydrogen-bond donors (Lipinski definition) is 2. The Morgan fingerprint density at radius 2 is 0.889 bits per heavy atom. The van der Waals surface area contributed by atoms with Crippen LogP contribution in [0, 0.1) is 0 Å². The summed E-state index contributed by atoms with van der Waals surface area (Å²) >= 11 is 0. The molecule has 0 fully saturated rings. The lowest BCUT2D eigenvalue weighted by Gasteiger charge is -2.18. The Kier molecular flexibility index (Phi) is 39.2. The highest BCUT2D eigenvalue weighted by Crippen LogP contribution is 2.36. The van der Waals surface area contributed by atoms with E-state index in [1.807, 2.05) is 0 Å². The van der Waals surface area contributed by atoms with E-state index in [1.165, 1.54) is 103 Å². The van der Waals surface area contributed by atoms with E-state index in [-0.39, 0.29) is 19.4 Å². The average Bonchev–Trinajstić information content (AvgIpc) is 3.14. The van der Waals surface area contributed by atoms with Crippen molar-refractivity contribution in [3.8, 4) is 0 Å². The number of rotatable bonds is 40. The minimum absolute atomic E-state index is 0.184. The van der Waals surface area contributed by atoms with Gasteiger partial charge in [-0.05, 0) is 51.4 Å². The third-order valence-electron chi connectivity index (χ3n) is 9.36. The van der Waals surface area contributed by atoms with Crippen LogP contribution >= 0.6 is 7.82 Å². The molecule has 0 heterocycles. The van der Waals surface area contributed by atoms with Gasteiger partial charge in [0, 0.05) is 12.8 Å². The van der Waals surface area contributed by atoms with Crippen molar-refractivity contribution >= 4 is 19.8 Å². The average molecular weight is 781 g/mol. The number of carbonyl (C=O) groups excluding carboxylic acids is 2. The Hall–Kier alpha value is -1.99. The molecule has 9 heteroatoms. The number of hydrogen-bond acceptors (Lipinski definition) is 6. The van der Waals surface area contributed by atoms with E-state index < -0.39 is 32.5 Å². The number of phosphoric ester groups is 1. The van der Waals surface area contributed by atoms with Crippen molar-refractivity contribution < 1.29 is 37.9 Å². The summed E-state index contributed by atoms with van der Waals surface area (Å²) in [5, 5.41) is 0. The van der Waals surface area contributed by atoms with Gasteiger partial charge in [-0.3, -0.25) is 14.1 Å². The number of phosphoric acid groups is 1. The number of ether oxygens (including phenoxy) is 2. The number of carbonyl (C=O) groups is 2. The van der Waals surface area contributed by atoms with E-state index in [9.17, 15) is 14.2 Å². The van der Waals surface area contributed by atoms with Gasteiger partial charge < -0.3 is 19.3 Å². The molecule has 1 atom stereocenters. The maximum atomic E-state index is 12.4. The van der Waals surface area contributed by atoms with Crippen LogP contribution in [0.15, 0.2) is 48.6 Å². The zero-order chi connectivity index (χ0) is 39.6. The van der Waals surface area contributed by atoms with Crippen molar-refractivity contribution in [3.05, 3.63) is 48.6 Å².